The zero-order valence-corrected chi connectivity index (χ0v) is 19.6. The zero-order chi connectivity index (χ0) is 24.0. The van der Waals surface area contributed by atoms with Gasteiger partial charge in [-0.3, -0.25) is 4.79 Å². The number of amides is 1. The molecule has 172 valence electrons. The van der Waals surface area contributed by atoms with E-state index in [1.807, 2.05) is 38.1 Å². The molecule has 0 bridgehead atoms. The number of ether oxygens (including phenoxy) is 1. The minimum absolute atomic E-state index is 0.0468. The van der Waals surface area contributed by atoms with E-state index in [1.54, 1.807) is 24.3 Å². The van der Waals surface area contributed by atoms with Crippen molar-refractivity contribution < 1.29 is 22.7 Å². The highest BCUT2D eigenvalue weighted by molar-refractivity contribution is 7.89. The van der Waals surface area contributed by atoms with Gasteiger partial charge in [0.15, 0.2) is 0 Å². The minimum Gasteiger partial charge on any atom is -0.465 e. The quantitative estimate of drug-likeness (QED) is 0.508. The van der Waals surface area contributed by atoms with Crippen molar-refractivity contribution >= 4 is 27.6 Å². The van der Waals surface area contributed by atoms with E-state index < -0.39 is 21.9 Å². The van der Waals surface area contributed by atoms with Crippen LogP contribution in [0.1, 0.15) is 27.0 Å². The summed E-state index contributed by atoms with van der Waals surface area (Å²) >= 11 is 0. The second kappa shape index (κ2) is 10.4. The number of aryl methyl sites for hydroxylation is 2. The molecule has 0 atom stereocenters. The van der Waals surface area contributed by atoms with Crippen molar-refractivity contribution in [3.05, 3.63) is 95.1 Å². The Morgan fingerprint density at radius 1 is 0.848 bits per heavy atom. The van der Waals surface area contributed by atoms with Crippen molar-refractivity contribution in [2.24, 2.45) is 0 Å². The predicted octanol–water partition coefficient (Wildman–Crippen LogP) is 3.92. The third-order valence-corrected chi connectivity index (χ3v) is 6.85. The Kier molecular flexibility index (Phi) is 7.63. The molecule has 0 unspecified atom stereocenters. The summed E-state index contributed by atoms with van der Waals surface area (Å²) in [5.74, 6) is -0.982. The number of nitrogens with zero attached hydrogens (tertiary/aromatic N) is 1. The first-order valence-corrected chi connectivity index (χ1v) is 11.7. The van der Waals surface area contributed by atoms with Gasteiger partial charge in [0.05, 0.1) is 24.1 Å². The average Bonchev–Trinajstić information content (AvgIpc) is 2.80. The lowest BCUT2D eigenvalue weighted by Crippen LogP contribution is -2.37. The Labute approximate surface area is 194 Å². The van der Waals surface area contributed by atoms with Gasteiger partial charge in [0.2, 0.25) is 15.9 Å². The number of sulfonamides is 1. The van der Waals surface area contributed by atoms with Crippen LogP contribution in [0.15, 0.2) is 77.7 Å². The van der Waals surface area contributed by atoms with Crippen LogP contribution in [0.2, 0.25) is 0 Å². The fourth-order valence-electron chi connectivity index (χ4n) is 3.15. The lowest BCUT2D eigenvalue weighted by atomic mass is 10.1. The first-order chi connectivity index (χ1) is 15.7. The molecule has 1 amide bonds. The number of benzene rings is 3. The molecule has 0 aliphatic carbocycles. The molecule has 0 aromatic heterocycles. The van der Waals surface area contributed by atoms with Crippen LogP contribution in [0.4, 0.5) is 5.69 Å². The van der Waals surface area contributed by atoms with Crippen molar-refractivity contribution in [1.29, 1.82) is 0 Å². The molecular weight excluding hydrogens is 440 g/mol. The number of hydrogen-bond donors (Lipinski definition) is 1. The average molecular weight is 467 g/mol. The van der Waals surface area contributed by atoms with E-state index in [4.69, 9.17) is 0 Å². The van der Waals surface area contributed by atoms with Crippen LogP contribution in [-0.2, 0) is 26.1 Å². The fraction of sp³-hybridized carbons (Fsp3) is 0.200. The molecular formula is C25H26N2O5S. The number of esters is 1. The molecule has 0 fully saturated rings. The molecule has 0 saturated heterocycles. The molecule has 0 heterocycles. The Bertz CT molecular complexity index is 1220. The van der Waals surface area contributed by atoms with Crippen LogP contribution < -0.4 is 5.32 Å². The van der Waals surface area contributed by atoms with Gasteiger partial charge in [-0.05, 0) is 55.8 Å². The molecule has 3 rings (SSSR count). The molecule has 0 spiro atoms. The molecule has 1 N–H and O–H groups in total. The number of carbonyl (C=O) groups is 2. The molecule has 0 saturated carbocycles. The van der Waals surface area contributed by atoms with Gasteiger partial charge in [-0.15, -0.1) is 0 Å². The Morgan fingerprint density at radius 2 is 1.39 bits per heavy atom. The fourth-order valence-corrected chi connectivity index (χ4v) is 4.53. The summed E-state index contributed by atoms with van der Waals surface area (Å²) in [6, 6.07) is 20.2. The first kappa shape index (κ1) is 24.2. The summed E-state index contributed by atoms with van der Waals surface area (Å²) in [6.45, 7) is 3.50. The van der Waals surface area contributed by atoms with E-state index in [9.17, 15) is 18.0 Å². The van der Waals surface area contributed by atoms with Crippen molar-refractivity contribution in [2.45, 2.75) is 25.3 Å². The highest BCUT2D eigenvalue weighted by atomic mass is 32.2. The third-order valence-electron chi connectivity index (χ3n) is 5.05. The maximum absolute atomic E-state index is 13.4. The smallest absolute Gasteiger partial charge is 0.337 e. The van der Waals surface area contributed by atoms with E-state index >= 15 is 0 Å². The SMILES string of the molecule is COC(=O)c1ccc(NC(=O)CN(Cc2ccc(C)cc2)S(=O)(=O)c2ccc(C)cc2)cc1. The zero-order valence-electron chi connectivity index (χ0n) is 18.7. The summed E-state index contributed by atoms with van der Waals surface area (Å²) in [5, 5.41) is 2.69. The van der Waals surface area contributed by atoms with Gasteiger partial charge >= 0.3 is 5.97 Å². The van der Waals surface area contributed by atoms with Crippen LogP contribution in [-0.4, -0.2) is 38.3 Å². The van der Waals surface area contributed by atoms with Crippen LogP contribution in [0.25, 0.3) is 0 Å². The molecule has 0 aliphatic heterocycles. The van der Waals surface area contributed by atoms with Crippen LogP contribution in [0.5, 0.6) is 0 Å². The topological polar surface area (TPSA) is 92.8 Å². The van der Waals surface area contributed by atoms with Crippen molar-refractivity contribution in [3.63, 3.8) is 0 Å². The summed E-state index contributed by atoms with van der Waals surface area (Å²) in [4.78, 5) is 24.5. The van der Waals surface area contributed by atoms with E-state index in [-0.39, 0.29) is 18.0 Å². The monoisotopic (exact) mass is 466 g/mol. The summed E-state index contributed by atoms with van der Waals surface area (Å²) in [6.07, 6.45) is 0. The maximum atomic E-state index is 13.4. The van der Waals surface area contributed by atoms with Gasteiger partial charge in [-0.1, -0.05) is 47.5 Å². The van der Waals surface area contributed by atoms with E-state index in [1.165, 1.54) is 31.4 Å². The van der Waals surface area contributed by atoms with Crippen LogP contribution >= 0.6 is 0 Å². The molecule has 0 aliphatic rings. The molecule has 8 heteroatoms. The molecule has 7 nitrogen and oxygen atoms in total. The Hall–Kier alpha value is -3.49. The second-order valence-electron chi connectivity index (χ2n) is 7.69. The molecule has 33 heavy (non-hydrogen) atoms. The van der Waals surface area contributed by atoms with E-state index in [2.05, 4.69) is 10.1 Å². The van der Waals surface area contributed by atoms with Crippen molar-refractivity contribution in [2.75, 3.05) is 19.0 Å². The number of nitrogens with one attached hydrogen (secondary N) is 1. The largest absolute Gasteiger partial charge is 0.465 e. The normalized spacial score (nSPS) is 11.3. The highest BCUT2D eigenvalue weighted by Crippen LogP contribution is 2.20. The number of hydrogen-bond acceptors (Lipinski definition) is 5. The number of rotatable bonds is 8. The van der Waals surface area contributed by atoms with Gasteiger partial charge in [0.25, 0.3) is 0 Å². The Morgan fingerprint density at radius 3 is 1.94 bits per heavy atom. The first-order valence-electron chi connectivity index (χ1n) is 10.3. The predicted molar refractivity (Wildman–Crippen MR) is 126 cm³/mol. The molecule has 0 radical (unpaired) electrons. The molecule has 3 aromatic rings. The summed E-state index contributed by atoms with van der Waals surface area (Å²) < 4.78 is 32.5. The van der Waals surface area contributed by atoms with Gasteiger partial charge in [-0.2, -0.15) is 4.31 Å². The van der Waals surface area contributed by atoms with E-state index in [0.29, 0.717) is 11.3 Å². The lowest BCUT2D eigenvalue weighted by Gasteiger charge is -2.22. The standard InChI is InChI=1S/C25H26N2O5S/c1-18-4-8-20(9-5-18)16-27(33(30,31)23-14-6-19(2)7-15-23)17-24(28)26-22-12-10-21(11-13-22)25(29)32-3/h4-15H,16-17H2,1-3H3,(H,26,28). The van der Waals surface area contributed by atoms with Crippen LogP contribution in [0.3, 0.4) is 0 Å². The van der Waals surface area contributed by atoms with E-state index in [0.717, 1.165) is 21.0 Å². The van der Waals surface area contributed by atoms with Gasteiger partial charge in [0.1, 0.15) is 0 Å². The Balaban J connectivity index is 1.82. The highest BCUT2D eigenvalue weighted by Gasteiger charge is 2.27. The van der Waals surface area contributed by atoms with Gasteiger partial charge in [0, 0.05) is 12.2 Å². The number of methoxy groups -OCH3 is 1. The second-order valence-corrected chi connectivity index (χ2v) is 9.63. The number of anilines is 1. The molecule has 3 aromatic carbocycles. The van der Waals surface area contributed by atoms with Crippen molar-refractivity contribution in [1.82, 2.24) is 4.31 Å². The van der Waals surface area contributed by atoms with Crippen molar-refractivity contribution in [3.8, 4) is 0 Å². The summed E-state index contributed by atoms with van der Waals surface area (Å²) in [5.41, 5.74) is 3.55. The van der Waals surface area contributed by atoms with Gasteiger partial charge < -0.3 is 10.1 Å². The summed E-state index contributed by atoms with van der Waals surface area (Å²) in [7, 11) is -2.64. The number of carbonyl (C=O) groups excluding carboxylic acids is 2. The maximum Gasteiger partial charge on any atom is 0.337 e. The lowest BCUT2D eigenvalue weighted by molar-refractivity contribution is -0.116. The third kappa shape index (κ3) is 6.27. The van der Waals surface area contributed by atoms with Crippen LogP contribution in [0, 0.1) is 13.8 Å². The van der Waals surface area contributed by atoms with Gasteiger partial charge in [-0.25, -0.2) is 13.2 Å². The minimum atomic E-state index is -3.92.